The van der Waals surface area contributed by atoms with E-state index in [4.69, 9.17) is 9.47 Å². The van der Waals surface area contributed by atoms with Crippen molar-refractivity contribution in [2.45, 2.75) is 13.0 Å². The first-order valence-electron chi connectivity index (χ1n) is 8.28. The van der Waals surface area contributed by atoms with Gasteiger partial charge in [-0.25, -0.2) is 4.98 Å². The lowest BCUT2D eigenvalue weighted by Crippen LogP contribution is -2.12. The molecule has 0 fully saturated rings. The van der Waals surface area contributed by atoms with E-state index in [1.807, 2.05) is 29.0 Å². The number of rotatable bonds is 7. The highest BCUT2D eigenvalue weighted by atomic mass is 16.5. The second kappa shape index (κ2) is 8.20. The summed E-state index contributed by atoms with van der Waals surface area (Å²) < 4.78 is 12.4. The highest BCUT2D eigenvalue weighted by Crippen LogP contribution is 2.27. The van der Waals surface area contributed by atoms with Crippen molar-refractivity contribution in [1.29, 1.82) is 0 Å². The van der Waals surface area contributed by atoms with Gasteiger partial charge < -0.3 is 19.4 Å². The van der Waals surface area contributed by atoms with Gasteiger partial charge in [0, 0.05) is 18.3 Å². The molecule has 0 aliphatic rings. The minimum atomic E-state index is -0.251. The van der Waals surface area contributed by atoms with E-state index in [0.29, 0.717) is 22.9 Å². The number of carbonyl (C=O) groups is 1. The minimum absolute atomic E-state index is 0.251. The van der Waals surface area contributed by atoms with Crippen LogP contribution in [0, 0.1) is 0 Å². The smallest absolute Gasteiger partial charge is 0.256 e. The van der Waals surface area contributed by atoms with E-state index in [1.165, 1.54) is 12.7 Å². The second-order valence-electron chi connectivity index (χ2n) is 5.76. The number of carbonyl (C=O) groups excluding carboxylic acids is 1. The fourth-order valence-electron chi connectivity index (χ4n) is 2.62. The Hall–Kier alpha value is -3.28. The van der Waals surface area contributed by atoms with Crippen molar-refractivity contribution < 1.29 is 14.3 Å². The molecule has 0 saturated carbocycles. The maximum absolute atomic E-state index is 12.4. The Bertz CT molecular complexity index is 875. The summed E-state index contributed by atoms with van der Waals surface area (Å²) in [5.74, 6) is 1.35. The van der Waals surface area contributed by atoms with Gasteiger partial charge in [-0.1, -0.05) is 30.3 Å². The van der Waals surface area contributed by atoms with Crippen molar-refractivity contribution in [3.05, 3.63) is 72.2 Å². The minimum Gasteiger partial charge on any atom is -0.493 e. The number of hydrogen-bond donors (Lipinski definition) is 1. The van der Waals surface area contributed by atoms with Crippen molar-refractivity contribution >= 4 is 11.7 Å². The standard InChI is InChI=1S/C20H21N3O3/c1-25-17-9-8-16(12-18(17)26-2)20(24)22-19-13-23(14-21-19)11-10-15-6-4-3-5-7-15/h3-9,12-14H,10-11H2,1-2H3,(H,22,24). The molecule has 26 heavy (non-hydrogen) atoms. The molecule has 0 aliphatic heterocycles. The SMILES string of the molecule is COc1ccc(C(=O)Nc2cn(CCc3ccccc3)cn2)cc1OC. The molecule has 2 aromatic carbocycles. The fraction of sp³-hybridized carbons (Fsp3) is 0.200. The van der Waals surface area contributed by atoms with Crippen LogP contribution in [0.15, 0.2) is 61.1 Å². The van der Waals surface area contributed by atoms with Crippen molar-refractivity contribution in [1.82, 2.24) is 9.55 Å². The van der Waals surface area contributed by atoms with Crippen LogP contribution in [0.1, 0.15) is 15.9 Å². The Labute approximate surface area is 152 Å². The van der Waals surface area contributed by atoms with Gasteiger partial charge in [0.05, 0.1) is 20.5 Å². The summed E-state index contributed by atoms with van der Waals surface area (Å²) in [4.78, 5) is 16.7. The summed E-state index contributed by atoms with van der Waals surface area (Å²) in [6, 6.07) is 15.3. The first-order valence-corrected chi connectivity index (χ1v) is 8.28. The number of benzene rings is 2. The van der Waals surface area contributed by atoms with Crippen LogP contribution >= 0.6 is 0 Å². The topological polar surface area (TPSA) is 65.4 Å². The number of aromatic nitrogens is 2. The van der Waals surface area contributed by atoms with E-state index in [-0.39, 0.29) is 5.91 Å². The number of hydrogen-bond acceptors (Lipinski definition) is 4. The average molecular weight is 351 g/mol. The number of nitrogens with one attached hydrogen (secondary N) is 1. The Kier molecular flexibility index (Phi) is 5.53. The summed E-state index contributed by atoms with van der Waals surface area (Å²) in [5.41, 5.74) is 1.73. The number of ether oxygens (including phenoxy) is 2. The molecule has 0 bridgehead atoms. The van der Waals surface area contributed by atoms with E-state index in [2.05, 4.69) is 22.4 Å². The largest absolute Gasteiger partial charge is 0.493 e. The van der Waals surface area contributed by atoms with Crippen LogP contribution in [0.3, 0.4) is 0 Å². The average Bonchev–Trinajstić information content (AvgIpc) is 3.13. The zero-order valence-electron chi connectivity index (χ0n) is 14.8. The molecule has 134 valence electrons. The second-order valence-corrected chi connectivity index (χ2v) is 5.76. The van der Waals surface area contributed by atoms with Crippen molar-refractivity contribution in [2.75, 3.05) is 19.5 Å². The normalized spacial score (nSPS) is 10.4. The van der Waals surface area contributed by atoms with Crippen LogP contribution in [0.25, 0.3) is 0 Å². The molecular formula is C20H21N3O3. The highest BCUT2D eigenvalue weighted by molar-refractivity contribution is 6.04. The quantitative estimate of drug-likeness (QED) is 0.709. The zero-order valence-corrected chi connectivity index (χ0v) is 14.8. The van der Waals surface area contributed by atoms with E-state index in [9.17, 15) is 4.79 Å². The predicted molar refractivity (Wildman–Crippen MR) is 99.9 cm³/mol. The molecular weight excluding hydrogens is 330 g/mol. The maximum atomic E-state index is 12.4. The number of imidazole rings is 1. The Morgan fingerprint density at radius 3 is 2.58 bits per heavy atom. The van der Waals surface area contributed by atoms with Crippen LogP contribution in [0.5, 0.6) is 11.5 Å². The van der Waals surface area contributed by atoms with Gasteiger partial charge in [-0.2, -0.15) is 0 Å². The van der Waals surface area contributed by atoms with Gasteiger partial charge in [0.15, 0.2) is 17.3 Å². The molecule has 6 nitrogen and oxygen atoms in total. The molecule has 1 N–H and O–H groups in total. The van der Waals surface area contributed by atoms with Gasteiger partial charge in [0.1, 0.15) is 0 Å². The van der Waals surface area contributed by atoms with Gasteiger partial charge >= 0.3 is 0 Å². The Morgan fingerprint density at radius 2 is 1.85 bits per heavy atom. The third kappa shape index (κ3) is 4.22. The van der Waals surface area contributed by atoms with E-state index in [1.54, 1.807) is 31.6 Å². The van der Waals surface area contributed by atoms with Gasteiger partial charge in [-0.05, 0) is 30.2 Å². The first kappa shape index (κ1) is 17.5. The molecule has 0 radical (unpaired) electrons. The van der Waals surface area contributed by atoms with Gasteiger partial charge in [-0.3, -0.25) is 4.79 Å². The van der Waals surface area contributed by atoms with Gasteiger partial charge in [-0.15, -0.1) is 0 Å². The molecule has 0 saturated heterocycles. The summed E-state index contributed by atoms with van der Waals surface area (Å²) in [6.45, 7) is 0.795. The molecule has 0 aliphatic carbocycles. The van der Waals surface area contributed by atoms with Gasteiger partial charge in [0.25, 0.3) is 5.91 Å². The highest BCUT2D eigenvalue weighted by Gasteiger charge is 2.12. The number of methoxy groups -OCH3 is 2. The molecule has 3 aromatic rings. The lowest BCUT2D eigenvalue weighted by molar-refractivity contribution is 0.102. The lowest BCUT2D eigenvalue weighted by atomic mass is 10.1. The van der Waals surface area contributed by atoms with Gasteiger partial charge in [0.2, 0.25) is 0 Å². The summed E-state index contributed by atoms with van der Waals surface area (Å²) in [5, 5.41) is 2.80. The predicted octanol–water partition coefficient (Wildman–Crippen LogP) is 3.40. The monoisotopic (exact) mass is 351 g/mol. The Morgan fingerprint density at radius 1 is 1.08 bits per heavy atom. The number of aryl methyl sites for hydroxylation is 2. The molecule has 1 heterocycles. The van der Waals surface area contributed by atoms with Crippen molar-refractivity contribution in [3.8, 4) is 11.5 Å². The van der Waals surface area contributed by atoms with Crippen LogP contribution < -0.4 is 14.8 Å². The summed E-state index contributed by atoms with van der Waals surface area (Å²) in [7, 11) is 3.09. The molecule has 0 atom stereocenters. The van der Waals surface area contributed by atoms with E-state index < -0.39 is 0 Å². The first-order chi connectivity index (χ1) is 12.7. The van der Waals surface area contributed by atoms with Crippen LogP contribution in [0.2, 0.25) is 0 Å². The maximum Gasteiger partial charge on any atom is 0.256 e. The van der Waals surface area contributed by atoms with Crippen molar-refractivity contribution in [2.24, 2.45) is 0 Å². The molecule has 0 unspecified atom stereocenters. The van der Waals surface area contributed by atoms with Crippen LogP contribution in [-0.2, 0) is 13.0 Å². The molecule has 1 amide bonds. The zero-order chi connectivity index (χ0) is 18.4. The molecule has 0 spiro atoms. The Balaban J connectivity index is 1.62. The molecule has 1 aromatic heterocycles. The summed E-state index contributed by atoms with van der Waals surface area (Å²) in [6.07, 6.45) is 4.44. The van der Waals surface area contributed by atoms with Crippen LogP contribution in [0.4, 0.5) is 5.82 Å². The number of anilines is 1. The van der Waals surface area contributed by atoms with E-state index in [0.717, 1.165) is 13.0 Å². The third-order valence-corrected chi connectivity index (χ3v) is 4.02. The molecule has 6 heteroatoms. The summed E-state index contributed by atoms with van der Waals surface area (Å²) >= 11 is 0. The number of nitrogens with zero attached hydrogens (tertiary/aromatic N) is 2. The third-order valence-electron chi connectivity index (χ3n) is 4.02. The fourth-order valence-corrected chi connectivity index (χ4v) is 2.62. The van der Waals surface area contributed by atoms with Crippen LogP contribution in [-0.4, -0.2) is 29.7 Å². The number of amides is 1. The van der Waals surface area contributed by atoms with E-state index >= 15 is 0 Å². The van der Waals surface area contributed by atoms with Crippen molar-refractivity contribution in [3.63, 3.8) is 0 Å². The molecule has 3 rings (SSSR count). The lowest BCUT2D eigenvalue weighted by Gasteiger charge is -2.09.